The molecule has 3 saturated carbocycles. The highest BCUT2D eigenvalue weighted by molar-refractivity contribution is 7.87. The summed E-state index contributed by atoms with van der Waals surface area (Å²) in [6.07, 6.45) is 3.16. The Morgan fingerprint density at radius 3 is 0.773 bits per heavy atom. The average Bonchev–Trinajstić information content (AvgIpc) is 0.778. The molecule has 0 N–H and O–H groups in total. The molecule has 6 atom stereocenters. The van der Waals surface area contributed by atoms with E-state index in [1.54, 1.807) is 132 Å². The van der Waals surface area contributed by atoms with Gasteiger partial charge in [0.1, 0.15) is 46.9 Å². The molecule has 0 heterocycles. The maximum atomic E-state index is 13.6. The van der Waals surface area contributed by atoms with Gasteiger partial charge in [0.15, 0.2) is 50.2 Å². The Morgan fingerprint density at radius 2 is 0.507 bits per heavy atom. The minimum absolute atomic E-state index is 0.0412. The number of carbonyl (C=O) groups excluding carboxylic acids is 11. The van der Waals surface area contributed by atoms with E-state index in [1.807, 2.05) is 98.7 Å². The number of benzene rings is 8. The standard InChI is InChI=1S/C29H34F2O9S.C29H28F2O9S.C25H30O9S.C23H30F2O7S/c2*1-15-7-17(3)24(18(4)8-15)39-27(33)22-11-21(26(32)38-14-29(30,31)41(35,36)37)12-23(13-22)28(34)40-25-19(5)9-16(2)10-20(25)6;1-14-10-16(3)20(17(4)11-14)33-23(27)25(7,22(26)32-8-9-35(29,30)31)24(28)34-21-18(5)12-15(2)13-19(21)6;1-13-10-14(2)20(15(3)11-13)32-22(27)19-9-5-6-16-17(19)7-4-8-18(16)21(26)31-12-23(24,25)33(28,29)30/h7-10,21-23H,11-14H2,1-6H3,(H,35,36,37);7-13H,14H2,1-6H3,(H,35,36,37);10-13H,8-9H2,1-7H3,(H,29,30,31);10-11,16-19H,4-9,12H2,1-3H3,(H,28,29,30)/p-4. The quantitative estimate of drug-likeness (QED) is 0.0101. The van der Waals surface area contributed by atoms with Crippen molar-refractivity contribution in [2.75, 3.05) is 32.2 Å². The number of ether oxygens (including phenoxy) is 11. The molecule has 34 nitrogen and oxygen atoms in total. The molecule has 0 aromatic heterocycles. The molecule has 11 rings (SSSR count). The van der Waals surface area contributed by atoms with E-state index in [0.717, 1.165) is 75.2 Å². The monoisotopic (exact) mass is 2180 g/mol. The predicted molar refractivity (Wildman–Crippen MR) is 525 cm³/mol. The van der Waals surface area contributed by atoms with E-state index in [4.69, 9.17) is 37.9 Å². The summed E-state index contributed by atoms with van der Waals surface area (Å²) in [7, 11) is -22.8. The van der Waals surface area contributed by atoms with Crippen molar-refractivity contribution >= 4 is 106 Å². The summed E-state index contributed by atoms with van der Waals surface area (Å²) in [6.45, 7) is 31.9. The van der Waals surface area contributed by atoms with Crippen LogP contribution in [-0.4, -0.2) is 165 Å². The highest BCUT2D eigenvalue weighted by Crippen LogP contribution is 2.49. The summed E-state index contributed by atoms with van der Waals surface area (Å²) in [5.41, 5.74) is 12.3. The topological polar surface area (TPSA) is 518 Å². The smallest absolute Gasteiger partial charge is 0.367 e. The van der Waals surface area contributed by atoms with Crippen molar-refractivity contribution in [1.29, 1.82) is 0 Å². The van der Waals surface area contributed by atoms with Crippen LogP contribution in [0.2, 0.25) is 0 Å². The predicted octanol–water partition coefficient (Wildman–Crippen LogP) is 17.2. The van der Waals surface area contributed by atoms with Gasteiger partial charge in [0, 0.05) is 0 Å². The van der Waals surface area contributed by atoms with Gasteiger partial charge in [-0.1, -0.05) is 137 Å². The van der Waals surface area contributed by atoms with Crippen LogP contribution in [0.25, 0.3) is 0 Å². The Kier molecular flexibility index (Phi) is 40.4. The molecule has 816 valence electrons. The third kappa shape index (κ3) is 31.7. The summed E-state index contributed by atoms with van der Waals surface area (Å²) in [4.78, 5) is 143. The second-order valence-corrected chi connectivity index (χ2v) is 44.5. The minimum atomic E-state index is -6.12. The molecule has 0 radical (unpaired) electrons. The van der Waals surface area contributed by atoms with Gasteiger partial charge in [-0.05, 0) is 305 Å². The zero-order valence-corrected chi connectivity index (χ0v) is 89.8. The van der Waals surface area contributed by atoms with E-state index in [2.05, 4.69) is 14.2 Å². The zero-order valence-electron chi connectivity index (χ0n) is 86.5. The molecular formula is C106H118F6O34S4-4. The van der Waals surface area contributed by atoms with Crippen molar-refractivity contribution in [2.45, 2.75) is 226 Å². The van der Waals surface area contributed by atoms with Gasteiger partial charge < -0.3 is 70.3 Å². The number of carbonyl (C=O) groups is 11. The Balaban J connectivity index is 0.000000244. The van der Waals surface area contributed by atoms with Gasteiger partial charge in [-0.15, -0.1) is 0 Å². The fourth-order valence-corrected chi connectivity index (χ4v) is 19.5. The largest absolute Gasteiger partial charge is 0.748 e. The van der Waals surface area contributed by atoms with Crippen LogP contribution in [0.15, 0.2) is 103 Å². The van der Waals surface area contributed by atoms with Crippen molar-refractivity contribution in [1.82, 2.24) is 0 Å². The molecule has 3 aliphatic rings. The number of halogens is 6. The van der Waals surface area contributed by atoms with Crippen LogP contribution in [-0.2, 0) is 97.8 Å². The number of rotatable bonds is 30. The number of alkyl halides is 6. The first-order chi connectivity index (χ1) is 69.2. The third-order valence-electron chi connectivity index (χ3n) is 25.3. The van der Waals surface area contributed by atoms with Crippen LogP contribution in [0.1, 0.15) is 213 Å². The lowest BCUT2D eigenvalue weighted by molar-refractivity contribution is -0.175. The maximum absolute atomic E-state index is 13.6. The Bertz CT molecular complexity index is 6670. The van der Waals surface area contributed by atoms with Crippen LogP contribution in [0.3, 0.4) is 0 Å². The minimum Gasteiger partial charge on any atom is -0.748 e. The van der Waals surface area contributed by atoms with Gasteiger partial charge in [-0.25, -0.2) is 57.6 Å². The second-order valence-electron chi connectivity index (χ2n) is 38.5. The molecule has 0 bridgehead atoms. The number of fused-ring (bicyclic) bond motifs is 1. The molecule has 0 saturated heterocycles. The number of hydrogen-bond acceptors (Lipinski definition) is 34. The van der Waals surface area contributed by atoms with E-state index in [0.29, 0.717) is 123 Å². The molecule has 0 amide bonds. The molecule has 8 aromatic carbocycles. The van der Waals surface area contributed by atoms with Crippen molar-refractivity contribution in [2.24, 2.45) is 46.8 Å². The Labute approximate surface area is 866 Å². The molecule has 0 spiro atoms. The molecule has 6 unspecified atom stereocenters. The summed E-state index contributed by atoms with van der Waals surface area (Å²) >= 11 is 0. The summed E-state index contributed by atoms with van der Waals surface area (Å²) in [5.74, 6) is -15.4. The fraction of sp³-hybridized carbons (Fsp3) is 0.443. The number of aryl methyl sites for hydroxylation is 21. The highest BCUT2D eigenvalue weighted by Gasteiger charge is 2.55. The van der Waals surface area contributed by atoms with E-state index in [1.165, 1.54) is 0 Å². The van der Waals surface area contributed by atoms with Crippen LogP contribution in [0.5, 0.6) is 40.2 Å². The molecular weight excluding hydrogens is 2060 g/mol. The zero-order chi connectivity index (χ0) is 113. The lowest BCUT2D eigenvalue weighted by Crippen LogP contribution is -2.49. The van der Waals surface area contributed by atoms with Crippen LogP contribution in [0.4, 0.5) is 26.3 Å². The third-order valence-corrected chi connectivity index (χ3v) is 28.5. The SMILES string of the molecule is Cc1cc(C)c(OC(=O)C(C)(C(=O)OCCS(=O)(=O)[O-])C(=O)Oc2c(C)cc(C)cc2C)c(C)c1.Cc1cc(C)c(OC(=O)C2CC(C(=O)OCC(F)(F)S(=O)(=O)[O-])CC(C(=O)Oc3c(C)cc(C)cc3C)C2)c(C)c1.Cc1cc(C)c(OC(=O)C2CCCC3C(C(=O)OCC(F)(F)S(=O)(=O)[O-])CCCC23)c(C)c1.Cc1cc(C)c(OC(=O)c2cc(C(=O)OCC(F)(F)S(=O)(=O)[O-])cc(C(=O)Oc3c(C)cc(C)cc3C)c2)c(C)c1. The molecule has 150 heavy (non-hydrogen) atoms. The lowest BCUT2D eigenvalue weighted by Gasteiger charge is -2.43. The second kappa shape index (κ2) is 49.5. The van der Waals surface area contributed by atoms with E-state index < -0.39 is 189 Å². The molecule has 8 aromatic rings. The summed E-state index contributed by atoms with van der Waals surface area (Å²) < 4.78 is 268. The summed E-state index contributed by atoms with van der Waals surface area (Å²) in [5, 5.41) is -14.4. The first-order valence-electron chi connectivity index (χ1n) is 47.0. The molecule has 0 aliphatic heterocycles. The van der Waals surface area contributed by atoms with Gasteiger partial charge in [0.25, 0.3) is 5.41 Å². The highest BCUT2D eigenvalue weighted by atomic mass is 32.2. The summed E-state index contributed by atoms with van der Waals surface area (Å²) in [6, 6.07) is 28.3. The van der Waals surface area contributed by atoms with Crippen molar-refractivity contribution in [3.63, 3.8) is 0 Å². The van der Waals surface area contributed by atoms with Crippen LogP contribution < -0.4 is 33.2 Å². The van der Waals surface area contributed by atoms with Gasteiger partial charge in [-0.2, -0.15) is 26.3 Å². The van der Waals surface area contributed by atoms with Gasteiger partial charge in [0.05, 0.1) is 62.2 Å². The van der Waals surface area contributed by atoms with Crippen molar-refractivity contribution < 1.29 is 183 Å². The normalized spacial score (nSPS) is 16.9. The molecule has 3 fully saturated rings. The van der Waals surface area contributed by atoms with Crippen LogP contribution >= 0.6 is 0 Å². The van der Waals surface area contributed by atoms with Crippen LogP contribution in [0, 0.1) is 192 Å². The van der Waals surface area contributed by atoms with E-state index in [9.17, 15) is 131 Å². The fourth-order valence-electron chi connectivity index (χ4n) is 18.6. The number of esters is 11. The van der Waals surface area contributed by atoms with Crippen molar-refractivity contribution in [3.05, 3.63) is 237 Å². The Morgan fingerprint density at radius 1 is 0.280 bits per heavy atom. The maximum Gasteiger partial charge on any atom is 0.367 e. The van der Waals surface area contributed by atoms with Crippen molar-refractivity contribution in [3.8, 4) is 40.2 Å². The number of hydrogen-bond donors (Lipinski definition) is 0. The van der Waals surface area contributed by atoms with Gasteiger partial charge in [0.2, 0.25) is 0 Å². The molecule has 3 aliphatic carbocycles. The first-order valence-corrected chi connectivity index (χ1v) is 52.8. The van der Waals surface area contributed by atoms with E-state index >= 15 is 0 Å². The lowest BCUT2D eigenvalue weighted by atomic mass is 9.61. The van der Waals surface area contributed by atoms with Gasteiger partial charge >= 0.3 is 81.4 Å². The Hall–Kier alpha value is -12.9. The van der Waals surface area contributed by atoms with E-state index in [-0.39, 0.29) is 71.2 Å². The van der Waals surface area contributed by atoms with Gasteiger partial charge in [-0.3, -0.25) is 28.8 Å². The molecule has 44 heteroatoms. The average molecular weight is 2180 g/mol. The first kappa shape index (κ1) is 122.